The predicted molar refractivity (Wildman–Crippen MR) is 36.7 cm³/mol. The number of hydrogen-bond acceptors (Lipinski definition) is 3. The van der Waals surface area contributed by atoms with Crippen LogP contribution < -0.4 is 10.6 Å². The molecular formula is C6H12N2O2. The molecule has 0 saturated carbocycles. The summed E-state index contributed by atoms with van der Waals surface area (Å²) < 4.78 is 0. The topological polar surface area (TPSA) is 61.4 Å². The van der Waals surface area contributed by atoms with E-state index >= 15 is 0 Å². The summed E-state index contributed by atoms with van der Waals surface area (Å²) in [5.74, 6) is -0.818. The van der Waals surface area contributed by atoms with Gasteiger partial charge in [0.15, 0.2) is 6.17 Å². The van der Waals surface area contributed by atoms with Crippen molar-refractivity contribution in [2.45, 2.75) is 19.0 Å². The summed E-state index contributed by atoms with van der Waals surface area (Å²) in [7, 11) is 0. The Hall–Kier alpha value is -0.610. The molecule has 0 radical (unpaired) electrons. The minimum atomic E-state index is -0.818. The van der Waals surface area contributed by atoms with Crippen molar-refractivity contribution in [3.63, 3.8) is 0 Å². The molecular weight excluding hydrogens is 132 g/mol. The highest BCUT2D eigenvalue weighted by Crippen LogP contribution is 1.92. The molecule has 1 rings (SSSR count). The number of nitrogens with one attached hydrogen (secondary N) is 2. The molecule has 4 heteroatoms. The number of hydrogen-bond donors (Lipinski definition) is 3. The molecule has 1 aliphatic heterocycles. The van der Waals surface area contributed by atoms with Gasteiger partial charge in [-0.3, -0.25) is 10.6 Å². The van der Waals surface area contributed by atoms with Crippen LogP contribution in [0.5, 0.6) is 0 Å². The third kappa shape index (κ3) is 1.97. The van der Waals surface area contributed by atoms with Crippen molar-refractivity contribution in [3.05, 3.63) is 0 Å². The van der Waals surface area contributed by atoms with E-state index in [0.29, 0.717) is 0 Å². The van der Waals surface area contributed by atoms with E-state index in [9.17, 15) is 4.79 Å². The lowest BCUT2D eigenvalue weighted by molar-refractivity contribution is -0.140. The second kappa shape index (κ2) is 3.53. The molecule has 3 N–H and O–H groups in total. The van der Waals surface area contributed by atoms with Gasteiger partial charge >= 0.3 is 5.97 Å². The highest BCUT2D eigenvalue weighted by Gasteiger charge is 2.16. The van der Waals surface area contributed by atoms with E-state index in [-0.39, 0.29) is 0 Å². The minimum Gasteiger partial charge on any atom is -0.479 e. The van der Waals surface area contributed by atoms with Crippen LogP contribution in [0.15, 0.2) is 0 Å². The Labute approximate surface area is 59.6 Å². The second-order valence-corrected chi connectivity index (χ2v) is 2.39. The Morgan fingerprint density at radius 2 is 1.80 bits per heavy atom. The Bertz CT molecular complexity index is 119. The molecule has 0 atom stereocenters. The van der Waals surface area contributed by atoms with Gasteiger partial charge < -0.3 is 5.11 Å². The fourth-order valence-corrected chi connectivity index (χ4v) is 0.990. The largest absolute Gasteiger partial charge is 0.479 e. The van der Waals surface area contributed by atoms with Gasteiger partial charge in [-0.2, -0.15) is 0 Å². The van der Waals surface area contributed by atoms with Gasteiger partial charge in [0, 0.05) is 0 Å². The van der Waals surface area contributed by atoms with Gasteiger partial charge in [0.05, 0.1) is 0 Å². The van der Waals surface area contributed by atoms with Crippen molar-refractivity contribution >= 4 is 5.97 Å². The number of carboxylic acid groups (broad SMARTS) is 1. The first kappa shape index (κ1) is 7.50. The third-order valence-corrected chi connectivity index (χ3v) is 1.55. The highest BCUT2D eigenvalue weighted by atomic mass is 16.4. The van der Waals surface area contributed by atoms with Crippen LogP contribution in [0.4, 0.5) is 0 Å². The summed E-state index contributed by atoms with van der Waals surface area (Å²) in [6, 6.07) is 0. The highest BCUT2D eigenvalue weighted by molar-refractivity contribution is 5.72. The average molecular weight is 144 g/mol. The molecule has 4 nitrogen and oxygen atoms in total. The van der Waals surface area contributed by atoms with Crippen LogP contribution in [0, 0.1) is 0 Å². The van der Waals surface area contributed by atoms with Crippen molar-refractivity contribution < 1.29 is 9.90 Å². The molecule has 0 amide bonds. The van der Waals surface area contributed by atoms with Crippen molar-refractivity contribution in [2.75, 3.05) is 13.1 Å². The summed E-state index contributed by atoms with van der Waals surface area (Å²) in [5, 5.41) is 14.3. The summed E-state index contributed by atoms with van der Waals surface area (Å²) in [6.07, 6.45) is 1.57. The first-order valence-electron chi connectivity index (χ1n) is 3.50. The standard InChI is InChI=1S/C6H12N2O2/c9-6(10)5-7-3-1-2-4-8-5/h5,7-8H,1-4H2,(H,9,10). The van der Waals surface area contributed by atoms with Gasteiger partial charge in [0.1, 0.15) is 0 Å². The van der Waals surface area contributed by atoms with Crippen LogP contribution in [0.2, 0.25) is 0 Å². The number of aliphatic carboxylic acids is 1. The van der Waals surface area contributed by atoms with Crippen molar-refractivity contribution in [2.24, 2.45) is 0 Å². The van der Waals surface area contributed by atoms with Gasteiger partial charge in [-0.15, -0.1) is 0 Å². The number of carbonyl (C=O) groups is 1. The molecule has 1 fully saturated rings. The summed E-state index contributed by atoms with van der Waals surface area (Å²) in [6.45, 7) is 1.59. The van der Waals surface area contributed by atoms with Gasteiger partial charge in [0.2, 0.25) is 0 Å². The molecule has 0 spiro atoms. The molecule has 0 aliphatic carbocycles. The summed E-state index contributed by atoms with van der Waals surface area (Å²) in [4.78, 5) is 10.4. The monoisotopic (exact) mass is 144 g/mol. The van der Waals surface area contributed by atoms with Crippen molar-refractivity contribution in [1.29, 1.82) is 0 Å². The van der Waals surface area contributed by atoms with Crippen LogP contribution in [0.1, 0.15) is 12.8 Å². The van der Waals surface area contributed by atoms with Crippen LogP contribution in [0.3, 0.4) is 0 Å². The fourth-order valence-electron chi connectivity index (χ4n) is 0.990. The summed E-state index contributed by atoms with van der Waals surface area (Å²) >= 11 is 0. The maximum Gasteiger partial charge on any atom is 0.335 e. The predicted octanol–water partition coefficient (Wildman–Crippen LogP) is -0.630. The van der Waals surface area contributed by atoms with E-state index in [2.05, 4.69) is 10.6 Å². The van der Waals surface area contributed by atoms with E-state index in [1.54, 1.807) is 0 Å². The lowest BCUT2D eigenvalue weighted by atomic mass is 10.3. The zero-order valence-electron chi connectivity index (χ0n) is 5.76. The molecule has 58 valence electrons. The van der Waals surface area contributed by atoms with Gasteiger partial charge in [-0.1, -0.05) is 0 Å². The van der Waals surface area contributed by atoms with Gasteiger partial charge in [-0.25, -0.2) is 4.79 Å². The van der Waals surface area contributed by atoms with E-state index in [4.69, 9.17) is 5.11 Å². The van der Waals surface area contributed by atoms with Crippen molar-refractivity contribution in [1.82, 2.24) is 10.6 Å². The van der Waals surface area contributed by atoms with Crippen LogP contribution in [-0.4, -0.2) is 30.3 Å². The van der Waals surface area contributed by atoms with Crippen LogP contribution in [0.25, 0.3) is 0 Å². The molecule has 10 heavy (non-hydrogen) atoms. The SMILES string of the molecule is O=C(O)C1NCCCCN1. The Morgan fingerprint density at radius 1 is 1.30 bits per heavy atom. The first-order valence-corrected chi connectivity index (χ1v) is 3.50. The molecule has 1 aliphatic rings. The summed E-state index contributed by atoms with van der Waals surface area (Å²) in [5.41, 5.74) is 0. The van der Waals surface area contributed by atoms with E-state index in [1.807, 2.05) is 0 Å². The Morgan fingerprint density at radius 3 is 2.20 bits per heavy atom. The number of carboxylic acids is 1. The molecule has 0 bridgehead atoms. The molecule has 0 unspecified atom stereocenters. The third-order valence-electron chi connectivity index (χ3n) is 1.55. The fraction of sp³-hybridized carbons (Fsp3) is 0.833. The van der Waals surface area contributed by atoms with Crippen molar-refractivity contribution in [3.8, 4) is 0 Å². The zero-order chi connectivity index (χ0) is 7.40. The lowest BCUT2D eigenvalue weighted by Crippen LogP contribution is -2.46. The molecule has 1 saturated heterocycles. The first-order chi connectivity index (χ1) is 4.80. The van der Waals surface area contributed by atoms with Gasteiger partial charge in [0.25, 0.3) is 0 Å². The molecule has 0 aromatic heterocycles. The quantitative estimate of drug-likeness (QED) is 0.458. The van der Waals surface area contributed by atoms with E-state index < -0.39 is 12.1 Å². The average Bonchev–Trinajstić information content (AvgIpc) is 2.12. The molecule has 0 aromatic rings. The lowest BCUT2D eigenvalue weighted by Gasteiger charge is -2.10. The maximum atomic E-state index is 10.4. The van der Waals surface area contributed by atoms with Gasteiger partial charge in [-0.05, 0) is 25.9 Å². The molecule has 0 aromatic carbocycles. The van der Waals surface area contributed by atoms with E-state index in [1.165, 1.54) is 0 Å². The smallest absolute Gasteiger partial charge is 0.335 e. The minimum absolute atomic E-state index is 0.539. The second-order valence-electron chi connectivity index (χ2n) is 2.39. The van der Waals surface area contributed by atoms with Crippen LogP contribution >= 0.6 is 0 Å². The normalized spacial score (nSPS) is 22.0. The Balaban J connectivity index is 2.35. The zero-order valence-corrected chi connectivity index (χ0v) is 5.76. The number of rotatable bonds is 1. The Kier molecular flexibility index (Phi) is 2.65. The van der Waals surface area contributed by atoms with E-state index in [0.717, 1.165) is 25.9 Å². The van der Waals surface area contributed by atoms with Crippen LogP contribution in [-0.2, 0) is 4.79 Å². The maximum absolute atomic E-state index is 10.4. The molecule has 1 heterocycles.